The largest absolute Gasteiger partial charge is 0.395 e. The van der Waals surface area contributed by atoms with Gasteiger partial charge in [-0.15, -0.1) is 11.3 Å². The molecular weight excluding hydrogens is 286 g/mol. The van der Waals surface area contributed by atoms with E-state index in [1.165, 1.54) is 25.4 Å². The van der Waals surface area contributed by atoms with Gasteiger partial charge in [0.2, 0.25) is 5.91 Å². The summed E-state index contributed by atoms with van der Waals surface area (Å²) >= 11 is 1.80. The average molecular weight is 307 g/mol. The molecule has 0 spiro atoms. The quantitative estimate of drug-likeness (QED) is 0.798. The van der Waals surface area contributed by atoms with E-state index in [1.54, 1.807) is 18.4 Å². The molecule has 0 unspecified atom stereocenters. The number of aliphatic hydroxyl groups excluding tert-OH is 1. The summed E-state index contributed by atoms with van der Waals surface area (Å²) in [6.45, 7) is 3.02. The third kappa shape index (κ3) is 4.52. The van der Waals surface area contributed by atoms with Gasteiger partial charge in [-0.2, -0.15) is 0 Å². The number of benzene rings is 1. The summed E-state index contributed by atoms with van der Waals surface area (Å²) in [5.74, 6) is -0.104. The average Bonchev–Trinajstić information content (AvgIpc) is 2.82. The molecule has 1 amide bonds. The van der Waals surface area contributed by atoms with Crippen molar-refractivity contribution in [3.63, 3.8) is 0 Å². The molecular formula is C16H21NO3S. The Morgan fingerprint density at radius 1 is 1.38 bits per heavy atom. The normalized spacial score (nSPS) is 11.0. The summed E-state index contributed by atoms with van der Waals surface area (Å²) in [7, 11) is 1.66. The first-order chi connectivity index (χ1) is 10.1. The lowest BCUT2D eigenvalue weighted by atomic mass is 10.1. The minimum absolute atomic E-state index is 0.0255. The van der Waals surface area contributed by atoms with Crippen LogP contribution in [0.15, 0.2) is 24.3 Å². The van der Waals surface area contributed by atoms with E-state index in [0.29, 0.717) is 13.2 Å². The number of likely N-dealkylation sites (N-methyl/N-ethyl adjacent to an activating group) is 1. The molecule has 1 heterocycles. The molecule has 0 atom stereocenters. The van der Waals surface area contributed by atoms with Gasteiger partial charge < -0.3 is 14.7 Å². The number of hydrogen-bond acceptors (Lipinski definition) is 4. The van der Waals surface area contributed by atoms with Gasteiger partial charge in [-0.25, -0.2) is 0 Å². The first-order valence-corrected chi connectivity index (χ1v) is 7.83. The van der Waals surface area contributed by atoms with Gasteiger partial charge in [0.05, 0.1) is 13.2 Å². The zero-order valence-electron chi connectivity index (χ0n) is 12.5. The maximum absolute atomic E-state index is 11.6. The smallest absolute Gasteiger partial charge is 0.248 e. The lowest BCUT2D eigenvalue weighted by molar-refractivity contribution is -0.135. The van der Waals surface area contributed by atoms with Crippen molar-refractivity contribution < 1.29 is 14.6 Å². The van der Waals surface area contributed by atoms with Gasteiger partial charge in [0.25, 0.3) is 0 Å². The predicted molar refractivity (Wildman–Crippen MR) is 85.8 cm³/mol. The van der Waals surface area contributed by atoms with E-state index in [2.05, 4.69) is 31.2 Å². The number of carbonyl (C=O) groups is 1. The van der Waals surface area contributed by atoms with Gasteiger partial charge in [-0.3, -0.25) is 4.79 Å². The van der Waals surface area contributed by atoms with Crippen molar-refractivity contribution in [1.82, 2.24) is 4.90 Å². The monoisotopic (exact) mass is 307 g/mol. The van der Waals surface area contributed by atoms with E-state index in [1.807, 2.05) is 0 Å². The van der Waals surface area contributed by atoms with Crippen molar-refractivity contribution in [2.45, 2.75) is 13.3 Å². The highest BCUT2D eigenvalue weighted by atomic mass is 32.1. The zero-order chi connectivity index (χ0) is 15.2. The molecule has 21 heavy (non-hydrogen) atoms. The molecule has 0 aliphatic rings. The molecule has 0 fully saturated rings. The van der Waals surface area contributed by atoms with Crippen LogP contribution >= 0.6 is 11.3 Å². The van der Waals surface area contributed by atoms with E-state index < -0.39 is 0 Å². The Balaban J connectivity index is 1.78. The molecule has 1 N–H and O–H groups in total. The van der Waals surface area contributed by atoms with Crippen LogP contribution in [0.1, 0.15) is 10.4 Å². The number of aryl methyl sites for hydroxylation is 1. The number of aliphatic hydroxyl groups is 1. The molecule has 0 aliphatic carbocycles. The van der Waals surface area contributed by atoms with Gasteiger partial charge >= 0.3 is 0 Å². The van der Waals surface area contributed by atoms with Crippen molar-refractivity contribution in [3.8, 4) is 0 Å². The number of thiophene rings is 1. The van der Waals surface area contributed by atoms with E-state index in [4.69, 9.17) is 9.84 Å². The van der Waals surface area contributed by atoms with Crippen molar-refractivity contribution in [2.24, 2.45) is 0 Å². The fraction of sp³-hybridized carbons (Fsp3) is 0.438. The highest BCUT2D eigenvalue weighted by Gasteiger charge is 2.07. The molecule has 1 aromatic carbocycles. The highest BCUT2D eigenvalue weighted by Crippen LogP contribution is 2.25. The highest BCUT2D eigenvalue weighted by molar-refractivity contribution is 7.19. The van der Waals surface area contributed by atoms with E-state index in [-0.39, 0.29) is 19.1 Å². The van der Waals surface area contributed by atoms with Crippen LogP contribution in [0, 0.1) is 6.92 Å². The van der Waals surface area contributed by atoms with E-state index in [0.717, 1.165) is 6.42 Å². The van der Waals surface area contributed by atoms with Crippen LogP contribution in [-0.2, 0) is 16.0 Å². The maximum atomic E-state index is 11.6. The second-order valence-electron chi connectivity index (χ2n) is 5.07. The number of fused-ring (bicyclic) bond motifs is 1. The molecule has 2 rings (SSSR count). The van der Waals surface area contributed by atoms with Crippen molar-refractivity contribution in [2.75, 3.05) is 33.4 Å². The summed E-state index contributed by atoms with van der Waals surface area (Å²) in [6, 6.07) is 8.63. The molecule has 114 valence electrons. The molecule has 0 saturated carbocycles. The lowest BCUT2D eigenvalue weighted by Gasteiger charge is -2.15. The summed E-state index contributed by atoms with van der Waals surface area (Å²) in [5, 5.41) is 10.0. The van der Waals surface area contributed by atoms with Crippen LogP contribution in [0.3, 0.4) is 0 Å². The first-order valence-electron chi connectivity index (χ1n) is 7.02. The fourth-order valence-corrected chi connectivity index (χ4v) is 3.02. The van der Waals surface area contributed by atoms with Crippen molar-refractivity contribution in [3.05, 3.63) is 34.7 Å². The molecule has 2 aromatic rings. The van der Waals surface area contributed by atoms with E-state index in [9.17, 15) is 4.79 Å². The zero-order valence-corrected chi connectivity index (χ0v) is 13.3. The van der Waals surface area contributed by atoms with Gasteiger partial charge in [0.15, 0.2) is 0 Å². The summed E-state index contributed by atoms with van der Waals surface area (Å²) in [4.78, 5) is 14.4. The Kier molecular flexibility index (Phi) is 5.73. The Hall–Kier alpha value is -1.43. The van der Waals surface area contributed by atoms with E-state index >= 15 is 0 Å². The number of ether oxygens (including phenoxy) is 1. The van der Waals surface area contributed by atoms with Gasteiger partial charge in [-0.05, 0) is 36.4 Å². The number of rotatable bonds is 7. The summed E-state index contributed by atoms with van der Waals surface area (Å²) < 4.78 is 6.72. The lowest BCUT2D eigenvalue weighted by Crippen LogP contribution is -2.32. The first kappa shape index (κ1) is 15.9. The Bertz CT molecular complexity index is 609. The minimum atomic E-state index is -0.104. The SMILES string of the molecule is Cc1cc2cc(CCOCC(=O)N(C)CCO)ccc2s1. The topological polar surface area (TPSA) is 49.8 Å². The maximum Gasteiger partial charge on any atom is 0.248 e. The van der Waals surface area contributed by atoms with Crippen LogP contribution < -0.4 is 0 Å². The molecule has 0 bridgehead atoms. The van der Waals surface area contributed by atoms with Crippen LogP contribution in [0.4, 0.5) is 0 Å². The van der Waals surface area contributed by atoms with Crippen LogP contribution in [0.5, 0.6) is 0 Å². The second-order valence-corrected chi connectivity index (χ2v) is 6.36. The minimum Gasteiger partial charge on any atom is -0.395 e. The Labute approximate surface area is 129 Å². The van der Waals surface area contributed by atoms with Crippen LogP contribution in [-0.4, -0.2) is 49.3 Å². The number of amides is 1. The van der Waals surface area contributed by atoms with Crippen molar-refractivity contribution >= 4 is 27.3 Å². The van der Waals surface area contributed by atoms with Gasteiger partial charge in [0.1, 0.15) is 6.61 Å². The fourth-order valence-electron chi connectivity index (χ4n) is 2.12. The Morgan fingerprint density at radius 2 is 2.19 bits per heavy atom. The third-order valence-corrected chi connectivity index (χ3v) is 4.36. The van der Waals surface area contributed by atoms with Gasteiger partial charge in [0, 0.05) is 23.2 Å². The molecule has 0 aliphatic heterocycles. The standard InChI is InChI=1S/C16H21NO3S/c1-12-9-14-10-13(3-4-15(14)21-12)5-8-20-11-16(19)17(2)6-7-18/h3-4,9-10,18H,5-8,11H2,1-2H3. The second kappa shape index (κ2) is 7.54. The molecule has 5 heteroatoms. The Morgan fingerprint density at radius 3 is 2.95 bits per heavy atom. The molecule has 4 nitrogen and oxygen atoms in total. The summed E-state index contributed by atoms with van der Waals surface area (Å²) in [6.07, 6.45) is 0.793. The third-order valence-electron chi connectivity index (χ3n) is 3.33. The number of hydrogen-bond donors (Lipinski definition) is 1. The number of carbonyl (C=O) groups excluding carboxylic acids is 1. The summed E-state index contributed by atoms with van der Waals surface area (Å²) in [5.41, 5.74) is 1.22. The molecule has 0 radical (unpaired) electrons. The predicted octanol–water partition coefficient (Wildman–Crippen LogP) is 2.22. The van der Waals surface area contributed by atoms with Crippen molar-refractivity contribution in [1.29, 1.82) is 0 Å². The van der Waals surface area contributed by atoms with Gasteiger partial charge in [-0.1, -0.05) is 12.1 Å². The van der Waals surface area contributed by atoms with Crippen LogP contribution in [0.25, 0.3) is 10.1 Å². The number of nitrogens with zero attached hydrogens (tertiary/aromatic N) is 1. The van der Waals surface area contributed by atoms with Crippen LogP contribution in [0.2, 0.25) is 0 Å². The molecule has 0 saturated heterocycles. The molecule has 1 aromatic heterocycles.